The molecule has 2 aromatic carbocycles. The van der Waals surface area contributed by atoms with Crippen LogP contribution in [-0.4, -0.2) is 33.3 Å². The fourth-order valence-corrected chi connectivity index (χ4v) is 2.99. The standard InChI is InChI=1S/C19H16N4O3/c1-26-15-6-7-16-17(8-15)20-9-18-19(16)22(11-21-18)10-13-2-4-14(5-3-13)23(25)12-24/h2-9,11-12,25H,10H2,1H3. The molecule has 1 amide bonds. The van der Waals surface area contributed by atoms with Crippen molar-refractivity contribution in [3.8, 4) is 5.75 Å². The van der Waals surface area contributed by atoms with Crippen LogP contribution in [0.5, 0.6) is 5.75 Å². The van der Waals surface area contributed by atoms with E-state index in [0.29, 0.717) is 23.7 Å². The summed E-state index contributed by atoms with van der Waals surface area (Å²) in [7, 11) is 1.63. The molecule has 0 aliphatic rings. The summed E-state index contributed by atoms with van der Waals surface area (Å²) in [4.78, 5) is 19.5. The van der Waals surface area contributed by atoms with Crippen molar-refractivity contribution < 1.29 is 14.7 Å². The molecule has 0 unspecified atom stereocenters. The lowest BCUT2D eigenvalue weighted by molar-refractivity contribution is -0.111. The van der Waals surface area contributed by atoms with Gasteiger partial charge in [-0.05, 0) is 29.8 Å². The van der Waals surface area contributed by atoms with Crippen LogP contribution in [-0.2, 0) is 11.3 Å². The molecule has 0 saturated heterocycles. The Bertz CT molecular complexity index is 1090. The number of pyridine rings is 1. The summed E-state index contributed by atoms with van der Waals surface area (Å²) >= 11 is 0. The average molecular weight is 348 g/mol. The van der Waals surface area contributed by atoms with Gasteiger partial charge in [0, 0.05) is 18.0 Å². The van der Waals surface area contributed by atoms with Gasteiger partial charge in [0.2, 0.25) is 6.41 Å². The minimum Gasteiger partial charge on any atom is -0.497 e. The topological polar surface area (TPSA) is 80.5 Å². The summed E-state index contributed by atoms with van der Waals surface area (Å²) in [5, 5.41) is 11.0. The van der Waals surface area contributed by atoms with E-state index < -0.39 is 0 Å². The van der Waals surface area contributed by atoms with E-state index in [2.05, 4.69) is 14.5 Å². The summed E-state index contributed by atoms with van der Waals surface area (Å²) in [5.74, 6) is 0.759. The van der Waals surface area contributed by atoms with Crippen LogP contribution in [0.4, 0.5) is 5.69 Å². The summed E-state index contributed by atoms with van der Waals surface area (Å²) in [6, 6.07) is 12.9. The molecular weight excluding hydrogens is 332 g/mol. The Morgan fingerprint density at radius 2 is 1.96 bits per heavy atom. The zero-order chi connectivity index (χ0) is 18.1. The van der Waals surface area contributed by atoms with Gasteiger partial charge in [0.1, 0.15) is 11.3 Å². The molecule has 2 aromatic heterocycles. The van der Waals surface area contributed by atoms with Crippen molar-refractivity contribution in [3.05, 3.63) is 60.6 Å². The molecule has 0 atom stereocenters. The maximum Gasteiger partial charge on any atom is 0.237 e. The van der Waals surface area contributed by atoms with Crippen LogP contribution >= 0.6 is 0 Å². The number of rotatable bonds is 5. The second-order valence-electron chi connectivity index (χ2n) is 5.86. The van der Waals surface area contributed by atoms with E-state index in [9.17, 15) is 10.0 Å². The van der Waals surface area contributed by atoms with E-state index in [4.69, 9.17) is 4.74 Å². The number of methoxy groups -OCH3 is 1. The number of carbonyl (C=O) groups excluding carboxylic acids is 1. The summed E-state index contributed by atoms with van der Waals surface area (Å²) in [5.41, 5.74) is 4.10. The molecule has 4 rings (SSSR count). The fraction of sp³-hybridized carbons (Fsp3) is 0.105. The smallest absolute Gasteiger partial charge is 0.237 e. The Morgan fingerprint density at radius 3 is 2.69 bits per heavy atom. The van der Waals surface area contributed by atoms with Crippen molar-refractivity contribution in [1.82, 2.24) is 14.5 Å². The number of anilines is 1. The van der Waals surface area contributed by atoms with Gasteiger partial charge in [-0.3, -0.25) is 15.0 Å². The summed E-state index contributed by atoms with van der Waals surface area (Å²) < 4.78 is 7.32. The molecule has 0 radical (unpaired) electrons. The Hall–Kier alpha value is -3.45. The monoisotopic (exact) mass is 348 g/mol. The minimum absolute atomic E-state index is 0.353. The molecule has 26 heavy (non-hydrogen) atoms. The van der Waals surface area contributed by atoms with Crippen LogP contribution in [0.3, 0.4) is 0 Å². The maximum absolute atomic E-state index is 10.6. The number of amides is 1. The predicted octanol–water partition coefficient (Wildman–Crippen LogP) is 2.99. The molecule has 0 fully saturated rings. The fourth-order valence-electron chi connectivity index (χ4n) is 2.99. The van der Waals surface area contributed by atoms with E-state index in [1.807, 2.05) is 30.3 Å². The van der Waals surface area contributed by atoms with Crippen molar-refractivity contribution in [2.24, 2.45) is 0 Å². The summed E-state index contributed by atoms with van der Waals surface area (Å²) in [6.07, 6.45) is 3.89. The number of ether oxygens (including phenoxy) is 1. The van der Waals surface area contributed by atoms with Gasteiger partial charge in [0.05, 0.1) is 36.4 Å². The van der Waals surface area contributed by atoms with Gasteiger partial charge >= 0.3 is 0 Å². The number of hydrogen-bond acceptors (Lipinski definition) is 5. The van der Waals surface area contributed by atoms with Crippen LogP contribution in [0.2, 0.25) is 0 Å². The molecule has 4 aromatic rings. The quantitative estimate of drug-likeness (QED) is 0.341. The van der Waals surface area contributed by atoms with Gasteiger partial charge < -0.3 is 9.30 Å². The first-order valence-corrected chi connectivity index (χ1v) is 7.99. The largest absolute Gasteiger partial charge is 0.497 e. The maximum atomic E-state index is 10.6. The molecule has 130 valence electrons. The Balaban J connectivity index is 1.74. The van der Waals surface area contributed by atoms with E-state index in [-0.39, 0.29) is 0 Å². The molecule has 0 aliphatic heterocycles. The third-order valence-corrected chi connectivity index (χ3v) is 4.31. The zero-order valence-corrected chi connectivity index (χ0v) is 14.0. The number of nitrogens with zero attached hydrogens (tertiary/aromatic N) is 4. The van der Waals surface area contributed by atoms with Crippen molar-refractivity contribution >= 4 is 34.0 Å². The highest BCUT2D eigenvalue weighted by Gasteiger charge is 2.10. The highest BCUT2D eigenvalue weighted by Crippen LogP contribution is 2.27. The van der Waals surface area contributed by atoms with Crippen LogP contribution in [0, 0.1) is 0 Å². The minimum atomic E-state index is 0.353. The predicted molar refractivity (Wildman–Crippen MR) is 97.5 cm³/mol. The number of hydroxylamine groups is 1. The second kappa shape index (κ2) is 6.45. The van der Waals surface area contributed by atoms with Crippen LogP contribution in [0.1, 0.15) is 5.56 Å². The Morgan fingerprint density at radius 1 is 1.15 bits per heavy atom. The van der Waals surface area contributed by atoms with Gasteiger partial charge in [-0.1, -0.05) is 12.1 Å². The molecular formula is C19H16N4O3. The van der Waals surface area contributed by atoms with Gasteiger partial charge in [0.15, 0.2) is 0 Å². The summed E-state index contributed by atoms with van der Waals surface area (Å²) in [6.45, 7) is 0.606. The van der Waals surface area contributed by atoms with Gasteiger partial charge in [-0.25, -0.2) is 4.98 Å². The molecule has 0 bridgehead atoms. The number of fused-ring (bicyclic) bond motifs is 3. The van der Waals surface area contributed by atoms with Crippen molar-refractivity contribution in [2.45, 2.75) is 6.54 Å². The van der Waals surface area contributed by atoms with E-state index in [1.165, 1.54) is 0 Å². The average Bonchev–Trinajstić information content (AvgIpc) is 3.10. The van der Waals surface area contributed by atoms with Crippen LogP contribution in [0.25, 0.3) is 21.9 Å². The molecule has 1 N–H and O–H groups in total. The molecule has 0 spiro atoms. The third kappa shape index (κ3) is 2.74. The second-order valence-corrected chi connectivity index (χ2v) is 5.86. The Labute approximate surface area is 149 Å². The van der Waals surface area contributed by atoms with Crippen LogP contribution in [0.15, 0.2) is 55.0 Å². The first-order valence-electron chi connectivity index (χ1n) is 7.99. The molecule has 0 aliphatic carbocycles. The lowest BCUT2D eigenvalue weighted by Gasteiger charge is -2.10. The molecule has 7 nitrogen and oxygen atoms in total. The van der Waals surface area contributed by atoms with Gasteiger partial charge in [-0.2, -0.15) is 5.06 Å². The number of imidazole rings is 1. The Kier molecular flexibility index (Phi) is 3.98. The van der Waals surface area contributed by atoms with E-state index >= 15 is 0 Å². The highest BCUT2D eigenvalue weighted by atomic mass is 16.5. The first kappa shape index (κ1) is 16.0. The normalized spacial score (nSPS) is 11.0. The van der Waals surface area contributed by atoms with Crippen molar-refractivity contribution in [2.75, 3.05) is 12.2 Å². The van der Waals surface area contributed by atoms with Crippen molar-refractivity contribution in [1.29, 1.82) is 0 Å². The lowest BCUT2D eigenvalue weighted by atomic mass is 10.1. The molecule has 7 heteroatoms. The zero-order valence-electron chi connectivity index (χ0n) is 14.0. The number of aromatic nitrogens is 3. The first-order chi connectivity index (χ1) is 12.7. The van der Waals surface area contributed by atoms with Crippen LogP contribution < -0.4 is 9.80 Å². The lowest BCUT2D eigenvalue weighted by Crippen LogP contribution is -2.14. The molecule has 2 heterocycles. The van der Waals surface area contributed by atoms with Crippen molar-refractivity contribution in [3.63, 3.8) is 0 Å². The van der Waals surface area contributed by atoms with Gasteiger partial charge in [0.25, 0.3) is 0 Å². The molecule has 0 saturated carbocycles. The van der Waals surface area contributed by atoms with E-state index in [1.54, 1.807) is 31.8 Å². The SMILES string of the molecule is COc1ccc2c(c1)ncc1ncn(Cc3ccc(N(O)C=O)cc3)c12. The number of carbonyl (C=O) groups is 1. The number of hydrogen-bond donors (Lipinski definition) is 1. The van der Waals surface area contributed by atoms with Gasteiger partial charge in [-0.15, -0.1) is 0 Å². The number of benzene rings is 2. The highest BCUT2D eigenvalue weighted by molar-refractivity contribution is 6.02. The van der Waals surface area contributed by atoms with E-state index in [0.717, 1.165) is 33.2 Å². The third-order valence-electron chi connectivity index (χ3n) is 4.31.